The maximum atomic E-state index is 13.4. The maximum absolute atomic E-state index is 13.4. The van der Waals surface area contributed by atoms with Crippen LogP contribution in [0, 0.1) is 11.6 Å². The molecule has 3 nitrogen and oxygen atoms in total. The van der Waals surface area contributed by atoms with Gasteiger partial charge in [0.25, 0.3) is 0 Å². The molecule has 0 bridgehead atoms. The number of benzene rings is 1. The third-order valence-electron chi connectivity index (χ3n) is 2.77. The first kappa shape index (κ1) is 10.9. The number of nitrogens with two attached hydrogens (primary N) is 1. The Morgan fingerprint density at radius 3 is 2.75 bits per heavy atom. The second-order valence-electron chi connectivity index (χ2n) is 3.85. The van der Waals surface area contributed by atoms with Gasteiger partial charge in [-0.2, -0.15) is 0 Å². The zero-order chi connectivity index (χ0) is 11.9. The molecule has 0 aliphatic heterocycles. The molecule has 0 radical (unpaired) electrons. The Hall–Kier alpha value is -1.65. The average Bonchev–Trinajstić information content (AvgIpc) is 2.54. The van der Waals surface area contributed by atoms with Gasteiger partial charge in [-0.15, -0.1) is 0 Å². The molecule has 1 unspecified atom stereocenters. The molecule has 0 saturated carbocycles. The van der Waals surface area contributed by atoms with E-state index >= 15 is 0 Å². The molecule has 0 aliphatic rings. The van der Waals surface area contributed by atoms with Crippen molar-refractivity contribution >= 4 is 17.0 Å². The summed E-state index contributed by atoms with van der Waals surface area (Å²) in [5.74, 6) is -1.08. The minimum atomic E-state index is -0.677. The van der Waals surface area contributed by atoms with E-state index in [1.165, 1.54) is 6.07 Å². The minimum absolute atomic E-state index is 0.0613. The lowest BCUT2D eigenvalue weighted by Crippen LogP contribution is -2.07. The van der Waals surface area contributed by atoms with E-state index < -0.39 is 11.6 Å². The topological polar surface area (TPSA) is 43.8 Å². The number of aromatic nitrogens is 2. The largest absolute Gasteiger partial charge is 0.369 e. The van der Waals surface area contributed by atoms with E-state index in [9.17, 15) is 8.78 Å². The van der Waals surface area contributed by atoms with Gasteiger partial charge in [-0.25, -0.2) is 13.8 Å². The van der Waals surface area contributed by atoms with Crippen molar-refractivity contribution in [1.82, 2.24) is 9.55 Å². The van der Waals surface area contributed by atoms with Gasteiger partial charge < -0.3 is 10.3 Å². The highest BCUT2D eigenvalue weighted by Gasteiger charge is 2.16. The zero-order valence-corrected chi connectivity index (χ0v) is 9.17. The highest BCUT2D eigenvalue weighted by Crippen LogP contribution is 2.26. The van der Waals surface area contributed by atoms with Gasteiger partial charge in [-0.3, -0.25) is 0 Å². The summed E-state index contributed by atoms with van der Waals surface area (Å²) in [5.41, 5.74) is 6.24. The van der Waals surface area contributed by atoms with E-state index in [0.717, 1.165) is 12.5 Å². The van der Waals surface area contributed by atoms with Crippen LogP contribution in [0.1, 0.15) is 26.3 Å². The predicted molar refractivity (Wildman–Crippen MR) is 59.1 cm³/mol. The molecule has 0 amide bonds. The number of nitrogens with zero attached hydrogens (tertiary/aromatic N) is 2. The van der Waals surface area contributed by atoms with Crippen LogP contribution in [-0.2, 0) is 0 Å². The van der Waals surface area contributed by atoms with Crippen LogP contribution in [0.5, 0.6) is 0 Å². The Morgan fingerprint density at radius 2 is 2.12 bits per heavy atom. The van der Waals surface area contributed by atoms with Crippen molar-refractivity contribution < 1.29 is 8.78 Å². The first-order valence-corrected chi connectivity index (χ1v) is 5.17. The second kappa shape index (κ2) is 3.73. The van der Waals surface area contributed by atoms with Gasteiger partial charge in [-0.1, -0.05) is 6.92 Å². The van der Waals surface area contributed by atoms with E-state index in [-0.39, 0.29) is 17.5 Å². The van der Waals surface area contributed by atoms with Crippen LogP contribution in [-0.4, -0.2) is 9.55 Å². The molecule has 0 saturated heterocycles. The number of halogens is 2. The van der Waals surface area contributed by atoms with Crippen molar-refractivity contribution in [2.45, 2.75) is 26.3 Å². The van der Waals surface area contributed by atoms with Crippen molar-refractivity contribution in [1.29, 1.82) is 0 Å². The standard InChI is InChI=1S/C11H13F2N3/c1-3-6(2)16-9-5-7(12)4-8(13)10(9)15-11(16)14/h4-6H,3H2,1-2H3,(H2,14,15). The number of nitrogen functional groups attached to an aromatic ring is 1. The van der Waals surface area contributed by atoms with Crippen LogP contribution in [0.4, 0.5) is 14.7 Å². The predicted octanol–water partition coefficient (Wildman–Crippen LogP) is 2.87. The summed E-state index contributed by atoms with van der Waals surface area (Å²) in [6.07, 6.45) is 0.813. The molecule has 1 heterocycles. The number of anilines is 1. The molecular formula is C11H13F2N3. The molecular weight excluding hydrogens is 212 g/mol. The Labute approximate surface area is 91.9 Å². The second-order valence-corrected chi connectivity index (χ2v) is 3.85. The van der Waals surface area contributed by atoms with Crippen LogP contribution >= 0.6 is 0 Å². The molecule has 2 rings (SSSR count). The summed E-state index contributed by atoms with van der Waals surface area (Å²) in [5, 5.41) is 0. The smallest absolute Gasteiger partial charge is 0.201 e. The molecule has 5 heteroatoms. The van der Waals surface area contributed by atoms with E-state index in [1.54, 1.807) is 4.57 Å². The van der Waals surface area contributed by atoms with Crippen LogP contribution in [0.15, 0.2) is 12.1 Å². The fraction of sp³-hybridized carbons (Fsp3) is 0.364. The molecule has 1 aromatic carbocycles. The van der Waals surface area contributed by atoms with Crippen LogP contribution in [0.25, 0.3) is 11.0 Å². The molecule has 16 heavy (non-hydrogen) atoms. The summed E-state index contributed by atoms with van der Waals surface area (Å²) in [4.78, 5) is 3.92. The zero-order valence-electron chi connectivity index (χ0n) is 9.17. The van der Waals surface area contributed by atoms with Crippen molar-refractivity contribution in [3.63, 3.8) is 0 Å². The van der Waals surface area contributed by atoms with Gasteiger partial charge in [0.15, 0.2) is 5.82 Å². The molecule has 0 fully saturated rings. The van der Waals surface area contributed by atoms with Crippen molar-refractivity contribution in [2.24, 2.45) is 0 Å². The summed E-state index contributed by atoms with van der Waals surface area (Å²) in [6.45, 7) is 3.91. The summed E-state index contributed by atoms with van der Waals surface area (Å²) >= 11 is 0. The van der Waals surface area contributed by atoms with Crippen molar-refractivity contribution in [3.8, 4) is 0 Å². The molecule has 0 aliphatic carbocycles. The van der Waals surface area contributed by atoms with E-state index in [2.05, 4.69) is 4.98 Å². The fourth-order valence-corrected chi connectivity index (χ4v) is 1.78. The number of rotatable bonds is 2. The quantitative estimate of drug-likeness (QED) is 0.854. The summed E-state index contributed by atoms with van der Waals surface area (Å²) in [6, 6.07) is 2.13. The van der Waals surface area contributed by atoms with Gasteiger partial charge >= 0.3 is 0 Å². The van der Waals surface area contributed by atoms with E-state index in [4.69, 9.17) is 5.73 Å². The Kier molecular flexibility index (Phi) is 2.53. The maximum Gasteiger partial charge on any atom is 0.201 e. The Morgan fingerprint density at radius 1 is 1.44 bits per heavy atom. The van der Waals surface area contributed by atoms with Crippen molar-refractivity contribution in [3.05, 3.63) is 23.8 Å². The van der Waals surface area contributed by atoms with Gasteiger partial charge in [0.2, 0.25) is 5.95 Å². The van der Waals surface area contributed by atoms with Crippen LogP contribution in [0.2, 0.25) is 0 Å². The summed E-state index contributed by atoms with van der Waals surface area (Å²) in [7, 11) is 0. The first-order valence-electron chi connectivity index (χ1n) is 5.17. The fourth-order valence-electron chi connectivity index (χ4n) is 1.78. The number of hydrogen-bond donors (Lipinski definition) is 1. The molecule has 86 valence electrons. The lowest BCUT2D eigenvalue weighted by molar-refractivity contribution is 0.548. The molecule has 2 aromatic rings. The van der Waals surface area contributed by atoms with Crippen LogP contribution < -0.4 is 5.73 Å². The molecule has 2 N–H and O–H groups in total. The Balaban J connectivity index is 2.78. The highest BCUT2D eigenvalue weighted by atomic mass is 19.1. The van der Waals surface area contributed by atoms with Gasteiger partial charge in [-0.05, 0) is 13.3 Å². The van der Waals surface area contributed by atoms with Gasteiger partial charge in [0.05, 0.1) is 5.52 Å². The lowest BCUT2D eigenvalue weighted by Gasteiger charge is -2.13. The van der Waals surface area contributed by atoms with Crippen LogP contribution in [0.3, 0.4) is 0 Å². The minimum Gasteiger partial charge on any atom is -0.369 e. The first-order chi connectivity index (χ1) is 7.54. The normalized spacial score (nSPS) is 13.2. The SMILES string of the molecule is CCC(C)n1c(N)nc2c(F)cc(F)cc21. The lowest BCUT2D eigenvalue weighted by atomic mass is 10.2. The number of hydrogen-bond acceptors (Lipinski definition) is 2. The summed E-state index contributed by atoms with van der Waals surface area (Å²) < 4.78 is 28.2. The number of imidazole rings is 1. The third-order valence-corrected chi connectivity index (χ3v) is 2.77. The van der Waals surface area contributed by atoms with Gasteiger partial charge in [0.1, 0.15) is 11.3 Å². The average molecular weight is 225 g/mol. The molecule has 1 atom stereocenters. The van der Waals surface area contributed by atoms with E-state index in [1.807, 2.05) is 13.8 Å². The molecule has 0 spiro atoms. The molecule has 1 aromatic heterocycles. The Bertz CT molecular complexity index is 533. The van der Waals surface area contributed by atoms with Crippen molar-refractivity contribution in [2.75, 3.05) is 5.73 Å². The number of fused-ring (bicyclic) bond motifs is 1. The van der Waals surface area contributed by atoms with E-state index in [0.29, 0.717) is 5.52 Å². The monoisotopic (exact) mass is 225 g/mol. The third kappa shape index (κ3) is 1.52. The highest BCUT2D eigenvalue weighted by molar-refractivity contribution is 5.79. The van der Waals surface area contributed by atoms with Gasteiger partial charge in [0, 0.05) is 18.2 Å².